The van der Waals surface area contributed by atoms with Gasteiger partial charge in [0.2, 0.25) is 0 Å². The average Bonchev–Trinajstić information content (AvgIpc) is 1.68. The quantitative estimate of drug-likeness (QED) is 0.134. The van der Waals surface area contributed by atoms with E-state index in [-0.39, 0.29) is 62.9 Å². The van der Waals surface area contributed by atoms with Gasteiger partial charge in [0.05, 0.1) is 47.1 Å². The summed E-state index contributed by atoms with van der Waals surface area (Å²) in [5.74, 6) is 0.0280. The third-order valence-electron chi connectivity index (χ3n) is 24.7. The third-order valence-corrected chi connectivity index (χ3v) is 24.7. The van der Waals surface area contributed by atoms with Crippen molar-refractivity contribution in [3.05, 3.63) is 306 Å². The van der Waals surface area contributed by atoms with E-state index in [1.807, 2.05) is 0 Å². The summed E-state index contributed by atoms with van der Waals surface area (Å²) in [5, 5.41) is 4.41. The van der Waals surface area contributed by atoms with Crippen LogP contribution in [-0.2, 0) is 32.5 Å². The lowest BCUT2D eigenvalue weighted by Crippen LogP contribution is -2.61. The highest BCUT2D eigenvalue weighted by molar-refractivity contribution is 7.00. The molecule has 2 aliphatic heterocycles. The Labute approximate surface area is 686 Å². The summed E-state index contributed by atoms with van der Waals surface area (Å²) in [7, 11) is 0. The molecular formula is C108H109BN4. The standard InChI is InChI=1S/C108H109BN4/c1-103(2,3)74-54-72(55-75(60-74)104(4,5)6)88-64-78(107(13,14)15)62-86(69-38-24-20-25-39-69)101(88)112-96-66-80(110-92-46-32-28-42-82(92)83-43-29-33-47-93(83)110)50-52-90(96)109-91-53-51-81(111-94-48-34-30-44-84(94)85-45-31-35-49-95(85)111)67-97(91)113(99-59-71(58-98(112)100(99)109)68-36-22-19-23-37-68)102-87(70-40-26-21-27-41-70)63-79(108(16,17)18)65-89(102)73-56-76(105(7,8)9)61-77(57-73)106(10,11)12/h20-21,24-35,38-68H,19,22-23,36-37H2,1-18H3/i20D,21D,24D,25D,26D,27D,38D,39D,40D,41D. The van der Waals surface area contributed by atoms with Gasteiger partial charge in [-0.3, -0.25) is 0 Å². The van der Waals surface area contributed by atoms with E-state index in [1.165, 1.54) is 0 Å². The van der Waals surface area contributed by atoms with Crippen LogP contribution < -0.4 is 26.2 Å². The van der Waals surface area contributed by atoms with E-state index in [4.69, 9.17) is 0 Å². The number of anilines is 6. The van der Waals surface area contributed by atoms with Crippen LogP contribution in [0.4, 0.5) is 34.1 Å². The minimum Gasteiger partial charge on any atom is -0.310 e. The summed E-state index contributed by atoms with van der Waals surface area (Å²) in [6.45, 7) is 39.7. The molecule has 5 heteroatoms. The maximum absolute atomic E-state index is 10.5. The lowest BCUT2D eigenvalue weighted by molar-refractivity contribution is 0.444. The Hall–Kier alpha value is -10.9. The molecule has 0 spiro atoms. The SMILES string of the molecule is [2H]c1c([2H])c([2H])c(-c2cc(C(C)(C)C)cc(-c3cc(C(C)(C)C)cc(C(C)(C)C)c3)c2N2c3cc(-n4c5ccccc5c5ccccc54)ccc3B3c4ccc(-n5c6ccccc6c6ccccc65)cc4N(c4c(-c5cc(C(C)(C)C)cc(C(C)(C)C)c5)cc(C(C)(C)C)cc4-c4c([2H])c([2H])c([2H])c([2H])c4[2H])c4cc(C5CCCCC5)cc2c43)c([2H])c1[2H]. The molecule has 0 bridgehead atoms. The molecule has 0 unspecified atom stereocenters. The average molecular weight is 1480 g/mol. The van der Waals surface area contributed by atoms with E-state index in [0.717, 1.165) is 187 Å². The molecule has 18 rings (SSSR count). The first kappa shape index (κ1) is 62.6. The fraction of sp³-hybridized carbons (Fsp3) is 0.278. The second-order valence-corrected chi connectivity index (χ2v) is 38.6. The summed E-state index contributed by atoms with van der Waals surface area (Å²) < 4.78 is 104. The predicted octanol–water partition coefficient (Wildman–Crippen LogP) is 28.5. The Morgan fingerprint density at radius 3 is 0.920 bits per heavy atom. The summed E-state index contributed by atoms with van der Waals surface area (Å²) in [5.41, 5.74) is 22.6. The van der Waals surface area contributed by atoms with Crippen molar-refractivity contribution in [1.82, 2.24) is 9.13 Å². The zero-order valence-electron chi connectivity index (χ0n) is 79.1. The number of para-hydroxylation sites is 4. The highest BCUT2D eigenvalue weighted by Gasteiger charge is 2.47. The number of rotatable bonds is 9. The monoisotopic (exact) mass is 1480 g/mol. The van der Waals surface area contributed by atoms with Gasteiger partial charge in [0.25, 0.3) is 6.71 Å². The van der Waals surface area contributed by atoms with Gasteiger partial charge in [-0.15, -0.1) is 0 Å². The van der Waals surface area contributed by atoms with Gasteiger partial charge in [-0.05, 0) is 214 Å². The van der Waals surface area contributed by atoms with E-state index >= 15 is 0 Å². The molecule has 0 radical (unpaired) electrons. The number of fused-ring (bicyclic) bond motifs is 10. The van der Waals surface area contributed by atoms with Crippen molar-refractivity contribution in [1.29, 1.82) is 0 Å². The van der Waals surface area contributed by atoms with Crippen LogP contribution in [0.15, 0.2) is 267 Å². The van der Waals surface area contributed by atoms with E-state index in [1.54, 1.807) is 0 Å². The van der Waals surface area contributed by atoms with Crippen molar-refractivity contribution < 1.29 is 13.7 Å². The highest BCUT2D eigenvalue weighted by Crippen LogP contribution is 2.57. The first-order valence-corrected chi connectivity index (χ1v) is 40.9. The van der Waals surface area contributed by atoms with Crippen molar-refractivity contribution >= 4 is 101 Å². The van der Waals surface area contributed by atoms with Crippen LogP contribution >= 0.6 is 0 Å². The molecule has 1 fully saturated rings. The summed E-state index contributed by atoms with van der Waals surface area (Å²) in [6.07, 6.45) is 4.87. The van der Waals surface area contributed by atoms with E-state index in [9.17, 15) is 13.7 Å². The van der Waals surface area contributed by atoms with Crippen LogP contribution in [0.25, 0.3) is 99.5 Å². The largest absolute Gasteiger partial charge is 0.310 e. The van der Waals surface area contributed by atoms with Crippen LogP contribution in [0.1, 0.15) is 215 Å². The van der Waals surface area contributed by atoms with Gasteiger partial charge in [-0.2, -0.15) is 0 Å². The first-order chi connectivity index (χ1) is 58.0. The van der Waals surface area contributed by atoms with Gasteiger partial charge in [-0.25, -0.2) is 0 Å². The molecule has 0 amide bonds. The Balaban J connectivity index is 1.11. The second kappa shape index (κ2) is 26.9. The molecule has 13 aromatic carbocycles. The van der Waals surface area contributed by atoms with Crippen molar-refractivity contribution in [3.63, 3.8) is 0 Å². The van der Waals surface area contributed by atoms with E-state index < -0.39 is 53.8 Å². The zero-order valence-corrected chi connectivity index (χ0v) is 69.1. The molecule has 1 aliphatic carbocycles. The minimum absolute atomic E-state index is 0.0280. The lowest BCUT2D eigenvalue weighted by Gasteiger charge is -2.46. The Morgan fingerprint density at radius 2 is 0.602 bits per heavy atom. The third kappa shape index (κ3) is 12.8. The van der Waals surface area contributed by atoms with Gasteiger partial charge < -0.3 is 18.9 Å². The van der Waals surface area contributed by atoms with E-state index in [0.29, 0.717) is 22.5 Å². The summed E-state index contributed by atoms with van der Waals surface area (Å²) in [4.78, 5) is 4.90. The Bertz CT molecular complexity index is 6320. The zero-order chi connectivity index (χ0) is 87.4. The molecule has 564 valence electrons. The van der Waals surface area contributed by atoms with Gasteiger partial charge in [0, 0.05) is 77.9 Å². The highest BCUT2D eigenvalue weighted by atomic mass is 15.2. The smallest absolute Gasteiger partial charge is 0.252 e. The Morgan fingerprint density at radius 1 is 0.301 bits per heavy atom. The van der Waals surface area contributed by atoms with Crippen LogP contribution in [0, 0.1) is 0 Å². The van der Waals surface area contributed by atoms with Crippen LogP contribution in [0.3, 0.4) is 0 Å². The molecule has 4 heterocycles. The lowest BCUT2D eigenvalue weighted by atomic mass is 9.33. The number of nitrogens with zero attached hydrogens (tertiary/aromatic N) is 4. The van der Waals surface area contributed by atoms with Crippen LogP contribution in [-0.4, -0.2) is 15.8 Å². The van der Waals surface area contributed by atoms with Gasteiger partial charge in [0.15, 0.2) is 0 Å². The molecule has 0 N–H and O–H groups in total. The van der Waals surface area contributed by atoms with Crippen molar-refractivity contribution in [3.8, 4) is 55.9 Å². The molecule has 0 saturated heterocycles. The van der Waals surface area contributed by atoms with Gasteiger partial charge in [0.1, 0.15) is 0 Å². The maximum atomic E-state index is 10.5. The second-order valence-electron chi connectivity index (χ2n) is 38.6. The Kier molecular flexibility index (Phi) is 14.9. The molecule has 1 saturated carbocycles. The maximum Gasteiger partial charge on any atom is 0.252 e. The van der Waals surface area contributed by atoms with Crippen LogP contribution in [0.2, 0.25) is 0 Å². The normalized spacial score (nSPS) is 15.6. The number of aromatic nitrogens is 2. The summed E-state index contributed by atoms with van der Waals surface area (Å²) >= 11 is 0. The fourth-order valence-electron chi connectivity index (χ4n) is 18.3. The number of benzene rings is 13. The van der Waals surface area contributed by atoms with Gasteiger partial charge >= 0.3 is 0 Å². The molecule has 4 nitrogen and oxygen atoms in total. The topological polar surface area (TPSA) is 16.3 Å². The van der Waals surface area contributed by atoms with Crippen molar-refractivity contribution in [2.45, 2.75) is 195 Å². The summed E-state index contributed by atoms with van der Waals surface area (Å²) in [6, 6.07) is 72.2. The van der Waals surface area contributed by atoms with Crippen LogP contribution in [0.5, 0.6) is 0 Å². The first-order valence-electron chi connectivity index (χ1n) is 45.9. The van der Waals surface area contributed by atoms with Crippen molar-refractivity contribution in [2.24, 2.45) is 0 Å². The molecular weight excluding hydrogens is 1360 g/mol. The molecule has 113 heavy (non-hydrogen) atoms. The minimum atomic E-state index is -0.580. The van der Waals surface area contributed by atoms with Crippen molar-refractivity contribution in [2.75, 3.05) is 9.80 Å². The molecule has 2 aromatic heterocycles. The predicted molar refractivity (Wildman–Crippen MR) is 489 cm³/mol. The number of hydrogen-bond donors (Lipinski definition) is 0. The molecule has 3 aliphatic rings. The van der Waals surface area contributed by atoms with E-state index in [2.05, 4.69) is 350 Å². The fourth-order valence-corrected chi connectivity index (χ4v) is 18.3. The number of hydrogen-bond acceptors (Lipinski definition) is 2. The molecule has 0 atom stereocenters. The van der Waals surface area contributed by atoms with Gasteiger partial charge in [-0.1, -0.05) is 326 Å². The molecule has 15 aromatic rings.